The predicted octanol–water partition coefficient (Wildman–Crippen LogP) is 3.34. The van der Waals surface area contributed by atoms with Gasteiger partial charge in [-0.2, -0.15) is 13.2 Å². The number of nitrogens with one attached hydrogen (secondary N) is 2. The van der Waals surface area contributed by atoms with Crippen LogP contribution in [-0.4, -0.2) is 78.5 Å². The lowest BCUT2D eigenvalue weighted by Gasteiger charge is -2.37. The molecule has 0 saturated carbocycles. The number of amides is 1. The molecule has 8 nitrogen and oxygen atoms in total. The molecule has 1 saturated heterocycles. The summed E-state index contributed by atoms with van der Waals surface area (Å²) in [5, 5.41) is 23.7. The molecule has 3 rings (SSSR count). The van der Waals surface area contributed by atoms with Crippen LogP contribution in [0.5, 0.6) is 0 Å². The molecule has 1 atom stereocenters. The van der Waals surface area contributed by atoms with Crippen molar-refractivity contribution in [2.75, 3.05) is 49.5 Å². The van der Waals surface area contributed by atoms with Crippen molar-refractivity contribution < 1.29 is 37.4 Å². The third-order valence-corrected chi connectivity index (χ3v) is 6.18. The van der Waals surface area contributed by atoms with Gasteiger partial charge in [0.2, 0.25) is 0 Å². The third-order valence-electron chi connectivity index (χ3n) is 5.94. The Balaban J connectivity index is 1.66. The zero-order valence-corrected chi connectivity index (χ0v) is 20.4. The van der Waals surface area contributed by atoms with Crippen molar-refractivity contribution in [3.05, 3.63) is 58.4 Å². The van der Waals surface area contributed by atoms with E-state index in [4.69, 9.17) is 21.8 Å². The fourth-order valence-electron chi connectivity index (χ4n) is 3.88. The maximum atomic E-state index is 14.7. The zero-order valence-electron chi connectivity index (χ0n) is 19.7. The number of aliphatic hydroxyl groups is 1. The van der Waals surface area contributed by atoms with E-state index >= 15 is 0 Å². The number of alkyl halides is 3. The Bertz CT molecular complexity index is 1110. The summed E-state index contributed by atoms with van der Waals surface area (Å²) in [5.74, 6) is -2.79. The van der Waals surface area contributed by atoms with Crippen molar-refractivity contribution in [3.63, 3.8) is 0 Å². The molecule has 0 aromatic heterocycles. The van der Waals surface area contributed by atoms with Crippen LogP contribution in [-0.2, 0) is 11.3 Å². The first-order valence-corrected chi connectivity index (χ1v) is 11.8. The average molecular weight is 547 g/mol. The van der Waals surface area contributed by atoms with E-state index in [1.807, 2.05) is 4.90 Å². The second-order valence-electron chi connectivity index (χ2n) is 8.58. The first kappa shape index (κ1) is 28.6. The number of rotatable bonds is 10. The minimum atomic E-state index is -4.22. The van der Waals surface area contributed by atoms with E-state index in [1.165, 1.54) is 12.1 Å². The van der Waals surface area contributed by atoms with Gasteiger partial charge in [0.1, 0.15) is 11.9 Å². The Labute approximate surface area is 215 Å². The Kier molecular flexibility index (Phi) is 9.71. The van der Waals surface area contributed by atoms with Crippen LogP contribution >= 0.6 is 11.6 Å². The van der Waals surface area contributed by atoms with Gasteiger partial charge in [0.15, 0.2) is 0 Å². The van der Waals surface area contributed by atoms with Crippen molar-refractivity contribution in [1.82, 2.24) is 10.2 Å². The zero-order chi connectivity index (χ0) is 27.2. The van der Waals surface area contributed by atoms with Crippen molar-refractivity contribution in [1.29, 1.82) is 0 Å². The van der Waals surface area contributed by atoms with Gasteiger partial charge in [-0.25, -0.2) is 4.39 Å². The van der Waals surface area contributed by atoms with Crippen molar-refractivity contribution in [2.45, 2.75) is 25.2 Å². The highest BCUT2D eigenvalue weighted by Gasteiger charge is 2.29. The van der Waals surface area contributed by atoms with Gasteiger partial charge in [0.25, 0.3) is 5.91 Å². The molecular formula is C24H27ClF4N4O4. The molecule has 0 aliphatic carbocycles. The van der Waals surface area contributed by atoms with Crippen LogP contribution in [0.4, 0.5) is 28.9 Å². The van der Waals surface area contributed by atoms with E-state index in [0.29, 0.717) is 48.1 Å². The van der Waals surface area contributed by atoms with Crippen LogP contribution in [0.3, 0.4) is 0 Å². The van der Waals surface area contributed by atoms with Gasteiger partial charge in [-0.1, -0.05) is 17.7 Å². The van der Waals surface area contributed by atoms with Gasteiger partial charge < -0.3 is 20.4 Å². The highest BCUT2D eigenvalue weighted by atomic mass is 35.5. The largest absolute Gasteiger partial charge is 0.480 e. The second-order valence-corrected chi connectivity index (χ2v) is 9.01. The van der Waals surface area contributed by atoms with E-state index in [0.717, 1.165) is 6.07 Å². The lowest BCUT2D eigenvalue weighted by atomic mass is 10.1. The molecule has 2 aromatic carbocycles. The lowest BCUT2D eigenvalue weighted by molar-refractivity contribution is -0.140. The first-order chi connectivity index (χ1) is 17.5. The van der Waals surface area contributed by atoms with Gasteiger partial charge in [-0.05, 0) is 35.9 Å². The molecule has 1 aliphatic heterocycles. The summed E-state index contributed by atoms with van der Waals surface area (Å²) in [6.45, 7) is 0.887. The third kappa shape index (κ3) is 8.29. The monoisotopic (exact) mass is 546 g/mol. The molecule has 0 unspecified atom stereocenters. The van der Waals surface area contributed by atoms with Gasteiger partial charge in [-0.15, -0.1) is 0 Å². The highest BCUT2D eigenvalue weighted by molar-refractivity contribution is 6.31. The molecule has 1 heterocycles. The SMILES string of the molecule is O=C(Nc1ccc(Cl)cc1N1CCN(CCC(F)(F)F)CC1)c1ccc(CN[C@H](CO)C(=O)O)cc1F. The molecule has 0 spiro atoms. The number of hydrogen-bond acceptors (Lipinski definition) is 6. The maximum Gasteiger partial charge on any atom is 0.390 e. The van der Waals surface area contributed by atoms with Gasteiger partial charge in [0.05, 0.1) is 30.0 Å². The molecule has 0 bridgehead atoms. The number of aliphatic carboxylic acids is 1. The van der Waals surface area contributed by atoms with Crippen molar-refractivity contribution in [2.24, 2.45) is 0 Å². The number of carbonyl (C=O) groups excluding carboxylic acids is 1. The molecule has 202 valence electrons. The molecule has 4 N–H and O–H groups in total. The number of benzene rings is 2. The summed E-state index contributed by atoms with van der Waals surface area (Å²) in [4.78, 5) is 27.5. The number of piperazine rings is 1. The van der Waals surface area contributed by atoms with E-state index < -0.39 is 42.9 Å². The molecule has 1 fully saturated rings. The van der Waals surface area contributed by atoms with E-state index in [1.54, 1.807) is 23.1 Å². The topological polar surface area (TPSA) is 105 Å². The Morgan fingerprint density at radius 1 is 1.08 bits per heavy atom. The Morgan fingerprint density at radius 2 is 1.78 bits per heavy atom. The van der Waals surface area contributed by atoms with Crippen LogP contribution in [0, 0.1) is 5.82 Å². The van der Waals surface area contributed by atoms with E-state index in [9.17, 15) is 27.2 Å². The number of halogens is 5. The number of carbonyl (C=O) groups is 2. The van der Waals surface area contributed by atoms with E-state index in [-0.39, 0.29) is 18.7 Å². The highest BCUT2D eigenvalue weighted by Crippen LogP contribution is 2.31. The number of nitrogens with zero attached hydrogens (tertiary/aromatic N) is 2. The van der Waals surface area contributed by atoms with Crippen LogP contribution < -0.4 is 15.5 Å². The van der Waals surface area contributed by atoms with E-state index in [2.05, 4.69) is 10.6 Å². The fraction of sp³-hybridized carbons (Fsp3) is 0.417. The fourth-order valence-corrected chi connectivity index (χ4v) is 4.05. The molecule has 37 heavy (non-hydrogen) atoms. The van der Waals surface area contributed by atoms with Crippen LogP contribution in [0.15, 0.2) is 36.4 Å². The van der Waals surface area contributed by atoms with Crippen molar-refractivity contribution in [3.8, 4) is 0 Å². The van der Waals surface area contributed by atoms with Gasteiger partial charge in [0, 0.05) is 44.3 Å². The molecular weight excluding hydrogens is 520 g/mol. The normalized spacial score (nSPS) is 15.5. The number of carboxylic acids is 1. The molecule has 1 amide bonds. The standard InChI is InChI=1S/C24H27ClF4N4O4/c25-16-2-4-19(21(12-16)33-9-7-32(8-10-33)6-5-24(27,28)29)31-22(35)17-3-1-15(11-18(17)26)13-30-20(14-34)23(36)37/h1-4,11-12,20,30,34H,5-10,13-14H2,(H,31,35)(H,36,37)/t20-/m1/s1. The second kappa shape index (κ2) is 12.5. The van der Waals surface area contributed by atoms with Crippen LogP contribution in [0.1, 0.15) is 22.3 Å². The van der Waals surface area contributed by atoms with Crippen molar-refractivity contribution >= 4 is 34.9 Å². The number of carboxylic acid groups (broad SMARTS) is 1. The summed E-state index contributed by atoms with van der Waals surface area (Å²) < 4.78 is 52.3. The van der Waals surface area contributed by atoms with Crippen LogP contribution in [0.2, 0.25) is 5.02 Å². The molecule has 0 radical (unpaired) electrons. The summed E-state index contributed by atoms with van der Waals surface area (Å²) >= 11 is 6.15. The number of hydrogen-bond donors (Lipinski definition) is 4. The average Bonchev–Trinajstić information content (AvgIpc) is 2.84. The molecule has 1 aliphatic rings. The molecule has 13 heteroatoms. The quantitative estimate of drug-likeness (QED) is 0.339. The van der Waals surface area contributed by atoms with Gasteiger partial charge >= 0.3 is 12.1 Å². The van der Waals surface area contributed by atoms with Crippen LogP contribution in [0.25, 0.3) is 0 Å². The minimum Gasteiger partial charge on any atom is -0.480 e. The predicted molar refractivity (Wildman–Crippen MR) is 130 cm³/mol. The van der Waals surface area contributed by atoms with Gasteiger partial charge in [-0.3, -0.25) is 19.8 Å². The maximum absolute atomic E-state index is 14.7. The lowest BCUT2D eigenvalue weighted by Crippen LogP contribution is -2.47. The summed E-state index contributed by atoms with van der Waals surface area (Å²) in [7, 11) is 0. The summed E-state index contributed by atoms with van der Waals surface area (Å²) in [5.41, 5.74) is 1.08. The summed E-state index contributed by atoms with van der Waals surface area (Å²) in [6.07, 6.45) is -5.10. The Hall–Kier alpha value is -2.93. The smallest absolute Gasteiger partial charge is 0.390 e. The first-order valence-electron chi connectivity index (χ1n) is 11.5. The summed E-state index contributed by atoms with van der Waals surface area (Å²) in [6, 6.07) is 7.39. The number of anilines is 2. The number of aliphatic hydroxyl groups excluding tert-OH is 1. The molecule has 2 aromatic rings. The Morgan fingerprint density at radius 3 is 2.38 bits per heavy atom. The minimum absolute atomic E-state index is 0.0351.